The van der Waals surface area contributed by atoms with Gasteiger partial charge in [0.05, 0.1) is 0 Å². The number of hydrogen-bond acceptors (Lipinski definition) is 3. The van der Waals surface area contributed by atoms with Crippen molar-refractivity contribution < 1.29 is 4.21 Å². The molecule has 1 atom stereocenters. The van der Waals surface area contributed by atoms with Gasteiger partial charge in [-0.2, -0.15) is 0 Å². The van der Waals surface area contributed by atoms with E-state index in [9.17, 15) is 4.21 Å². The Hall–Kier alpha value is -0.870. The van der Waals surface area contributed by atoms with E-state index in [2.05, 4.69) is 48.3 Å². The summed E-state index contributed by atoms with van der Waals surface area (Å²) in [6, 6.07) is 9.04. The number of anilines is 1. The number of benzene rings is 1. The van der Waals surface area contributed by atoms with Gasteiger partial charge in [-0.15, -0.1) is 0 Å². The fraction of sp³-hybridized carbons (Fsp3) is 0.600. The van der Waals surface area contributed by atoms with Gasteiger partial charge in [0.25, 0.3) is 0 Å². The summed E-state index contributed by atoms with van der Waals surface area (Å²) in [6.45, 7) is 7.17. The lowest BCUT2D eigenvalue weighted by Crippen LogP contribution is -2.38. The highest BCUT2D eigenvalue weighted by Crippen LogP contribution is 2.28. The Morgan fingerprint density at radius 3 is 2.58 bits per heavy atom. The van der Waals surface area contributed by atoms with Crippen LogP contribution in [0.2, 0.25) is 0 Å². The van der Waals surface area contributed by atoms with Crippen LogP contribution in [-0.4, -0.2) is 35.3 Å². The van der Waals surface area contributed by atoms with Crippen molar-refractivity contribution >= 4 is 16.5 Å². The van der Waals surface area contributed by atoms with Crippen LogP contribution in [0.15, 0.2) is 24.3 Å². The highest BCUT2D eigenvalue weighted by Gasteiger charge is 2.20. The zero-order valence-electron chi connectivity index (χ0n) is 11.9. The molecule has 19 heavy (non-hydrogen) atoms. The Bertz CT molecular complexity index is 426. The van der Waals surface area contributed by atoms with E-state index in [-0.39, 0.29) is 0 Å². The van der Waals surface area contributed by atoms with Crippen LogP contribution in [0.5, 0.6) is 0 Å². The highest BCUT2D eigenvalue weighted by molar-refractivity contribution is 7.85. The molecule has 1 unspecified atom stereocenters. The molecule has 0 spiro atoms. The van der Waals surface area contributed by atoms with Crippen molar-refractivity contribution in [1.29, 1.82) is 0 Å². The molecule has 1 heterocycles. The summed E-state index contributed by atoms with van der Waals surface area (Å²) in [5, 5.41) is 3.55. The molecule has 2 rings (SSSR count). The Labute approximate surface area is 118 Å². The molecule has 3 nitrogen and oxygen atoms in total. The molecule has 0 aliphatic carbocycles. The number of nitrogens with one attached hydrogen (secondary N) is 1. The van der Waals surface area contributed by atoms with E-state index in [1.807, 2.05) is 0 Å². The molecule has 0 aromatic heterocycles. The lowest BCUT2D eigenvalue weighted by molar-refractivity contribution is 0.536. The monoisotopic (exact) mass is 280 g/mol. The molecular weight excluding hydrogens is 256 g/mol. The van der Waals surface area contributed by atoms with Gasteiger partial charge in [-0.25, -0.2) is 0 Å². The van der Waals surface area contributed by atoms with Gasteiger partial charge in [-0.05, 0) is 24.6 Å². The quantitative estimate of drug-likeness (QED) is 0.898. The first kappa shape index (κ1) is 14.5. The fourth-order valence-electron chi connectivity index (χ4n) is 2.67. The first-order valence-electron chi connectivity index (χ1n) is 7.18. The van der Waals surface area contributed by atoms with Gasteiger partial charge in [-0.1, -0.05) is 32.0 Å². The molecule has 1 aliphatic heterocycles. The minimum atomic E-state index is -0.614. The van der Waals surface area contributed by atoms with Gasteiger partial charge in [-0.3, -0.25) is 4.21 Å². The van der Waals surface area contributed by atoms with Crippen LogP contribution in [0, 0.1) is 0 Å². The molecule has 1 N–H and O–H groups in total. The van der Waals surface area contributed by atoms with Crippen molar-refractivity contribution in [2.45, 2.75) is 26.3 Å². The molecule has 1 fully saturated rings. The van der Waals surface area contributed by atoms with Crippen molar-refractivity contribution in [3.8, 4) is 0 Å². The van der Waals surface area contributed by atoms with Crippen molar-refractivity contribution in [3.63, 3.8) is 0 Å². The summed E-state index contributed by atoms with van der Waals surface area (Å²) < 4.78 is 11.5. The molecule has 1 aromatic carbocycles. The van der Waals surface area contributed by atoms with E-state index in [4.69, 9.17) is 0 Å². The predicted molar refractivity (Wildman–Crippen MR) is 83.2 cm³/mol. The van der Waals surface area contributed by atoms with Crippen LogP contribution in [0.1, 0.15) is 31.9 Å². The standard InChI is InChI=1S/C15H24N2OS/c1-3-14(16-4-2)13-7-5-6-8-15(13)17-9-11-19(18)12-10-17/h5-8,14,16H,3-4,9-12H2,1-2H3. The van der Waals surface area contributed by atoms with E-state index in [1.54, 1.807) is 0 Å². The first-order valence-corrected chi connectivity index (χ1v) is 8.67. The minimum absolute atomic E-state index is 0.411. The third kappa shape index (κ3) is 3.57. The maximum absolute atomic E-state index is 11.5. The van der Waals surface area contributed by atoms with Crippen LogP contribution >= 0.6 is 0 Å². The zero-order chi connectivity index (χ0) is 13.7. The summed E-state index contributed by atoms with van der Waals surface area (Å²) in [4.78, 5) is 2.39. The largest absolute Gasteiger partial charge is 0.369 e. The van der Waals surface area contributed by atoms with E-state index in [0.717, 1.165) is 37.6 Å². The summed E-state index contributed by atoms with van der Waals surface area (Å²) in [7, 11) is -0.614. The number of rotatable bonds is 5. The van der Waals surface area contributed by atoms with Crippen LogP contribution in [-0.2, 0) is 10.8 Å². The molecule has 106 valence electrons. The molecule has 0 saturated carbocycles. The molecule has 0 amide bonds. The summed E-state index contributed by atoms with van der Waals surface area (Å²) >= 11 is 0. The van der Waals surface area contributed by atoms with Crippen LogP contribution < -0.4 is 10.2 Å². The van der Waals surface area contributed by atoms with Crippen molar-refractivity contribution in [3.05, 3.63) is 29.8 Å². The van der Waals surface area contributed by atoms with Gasteiger partial charge in [0.2, 0.25) is 0 Å². The van der Waals surface area contributed by atoms with E-state index in [0.29, 0.717) is 6.04 Å². The van der Waals surface area contributed by atoms with Gasteiger partial charge in [0, 0.05) is 47.1 Å². The Kier molecular flexibility index (Phi) is 5.40. The molecule has 1 aliphatic rings. The molecule has 1 saturated heterocycles. The van der Waals surface area contributed by atoms with Crippen LogP contribution in [0.4, 0.5) is 5.69 Å². The average molecular weight is 280 g/mol. The van der Waals surface area contributed by atoms with Crippen LogP contribution in [0.3, 0.4) is 0 Å². The Morgan fingerprint density at radius 2 is 1.95 bits per heavy atom. The zero-order valence-corrected chi connectivity index (χ0v) is 12.7. The SMILES string of the molecule is CCNC(CC)c1ccccc1N1CCS(=O)CC1. The van der Waals surface area contributed by atoms with Crippen molar-refractivity contribution in [1.82, 2.24) is 5.32 Å². The molecular formula is C15H24N2OS. The third-order valence-corrected chi connectivity index (χ3v) is 4.97. The Balaban J connectivity index is 2.22. The second-order valence-electron chi connectivity index (χ2n) is 4.91. The number of hydrogen-bond donors (Lipinski definition) is 1. The minimum Gasteiger partial charge on any atom is -0.369 e. The Morgan fingerprint density at radius 1 is 1.26 bits per heavy atom. The maximum atomic E-state index is 11.5. The normalized spacial score (nSPS) is 18.5. The van der Waals surface area contributed by atoms with Gasteiger partial charge < -0.3 is 10.2 Å². The van der Waals surface area contributed by atoms with Crippen molar-refractivity contribution in [2.75, 3.05) is 36.0 Å². The van der Waals surface area contributed by atoms with Gasteiger partial charge in [0.15, 0.2) is 0 Å². The van der Waals surface area contributed by atoms with Crippen LogP contribution in [0.25, 0.3) is 0 Å². The first-order chi connectivity index (χ1) is 9.26. The second kappa shape index (κ2) is 7.06. The molecule has 0 bridgehead atoms. The average Bonchev–Trinajstić information content (AvgIpc) is 2.46. The summed E-state index contributed by atoms with van der Waals surface area (Å²) in [6.07, 6.45) is 1.09. The second-order valence-corrected chi connectivity index (χ2v) is 6.61. The molecule has 4 heteroatoms. The molecule has 1 aromatic rings. The summed E-state index contributed by atoms with van der Waals surface area (Å²) in [5.74, 6) is 1.60. The lowest BCUT2D eigenvalue weighted by Gasteiger charge is -2.32. The topological polar surface area (TPSA) is 32.3 Å². The predicted octanol–water partition coefficient (Wildman–Crippen LogP) is 2.32. The smallest absolute Gasteiger partial charge is 0.0415 e. The number of para-hydroxylation sites is 1. The maximum Gasteiger partial charge on any atom is 0.0415 e. The van der Waals surface area contributed by atoms with Gasteiger partial charge >= 0.3 is 0 Å². The number of nitrogens with zero attached hydrogens (tertiary/aromatic N) is 1. The molecule has 0 radical (unpaired) electrons. The highest BCUT2D eigenvalue weighted by atomic mass is 32.2. The third-order valence-electron chi connectivity index (χ3n) is 3.69. The lowest BCUT2D eigenvalue weighted by atomic mass is 10.0. The van der Waals surface area contributed by atoms with E-state index >= 15 is 0 Å². The summed E-state index contributed by atoms with van der Waals surface area (Å²) in [5.41, 5.74) is 2.69. The fourth-order valence-corrected chi connectivity index (χ4v) is 3.72. The van der Waals surface area contributed by atoms with Crippen molar-refractivity contribution in [2.24, 2.45) is 0 Å². The van der Waals surface area contributed by atoms with E-state index in [1.165, 1.54) is 11.3 Å². The van der Waals surface area contributed by atoms with Gasteiger partial charge in [0.1, 0.15) is 0 Å². The van der Waals surface area contributed by atoms with E-state index < -0.39 is 10.8 Å².